The molecule has 2 aromatic rings. The molecule has 0 saturated carbocycles. The van der Waals surface area contributed by atoms with E-state index in [1.165, 1.54) is 11.0 Å². The Labute approximate surface area is 180 Å². The smallest absolute Gasteiger partial charge is 0.354 e. The van der Waals surface area contributed by atoms with Gasteiger partial charge in [-0.15, -0.1) is 0 Å². The molecule has 1 aliphatic heterocycles. The van der Waals surface area contributed by atoms with E-state index in [2.05, 4.69) is 15.3 Å². The summed E-state index contributed by atoms with van der Waals surface area (Å²) in [6, 6.07) is 5.70. The molecule has 0 radical (unpaired) electrons. The number of hydrogen-bond donors (Lipinski definition) is 1. The van der Waals surface area contributed by atoms with Gasteiger partial charge in [0.05, 0.1) is 0 Å². The van der Waals surface area contributed by atoms with Gasteiger partial charge in [-0.2, -0.15) is 13.2 Å². The lowest BCUT2D eigenvalue weighted by molar-refractivity contribution is -0.144. The van der Waals surface area contributed by atoms with E-state index in [1.807, 2.05) is 0 Å². The van der Waals surface area contributed by atoms with Crippen molar-refractivity contribution in [2.45, 2.75) is 31.5 Å². The van der Waals surface area contributed by atoms with Crippen molar-refractivity contribution in [2.75, 3.05) is 18.0 Å². The van der Waals surface area contributed by atoms with E-state index < -0.39 is 18.0 Å². The third-order valence-corrected chi connectivity index (χ3v) is 5.27. The van der Waals surface area contributed by atoms with Gasteiger partial charge in [0, 0.05) is 29.2 Å². The van der Waals surface area contributed by atoms with Crippen LogP contribution in [-0.2, 0) is 17.4 Å². The zero-order chi connectivity index (χ0) is 21.2. The molecule has 3 rings (SSSR count). The van der Waals surface area contributed by atoms with Gasteiger partial charge in [-0.05, 0) is 37.0 Å². The van der Waals surface area contributed by atoms with Crippen LogP contribution in [0.5, 0.6) is 0 Å². The molecule has 1 aliphatic rings. The zero-order valence-corrected chi connectivity index (χ0v) is 17.2. The van der Waals surface area contributed by atoms with Crippen LogP contribution in [0.2, 0.25) is 15.2 Å². The lowest BCUT2D eigenvalue weighted by Gasteiger charge is -2.25. The molecule has 1 aromatic carbocycles. The molecule has 1 amide bonds. The van der Waals surface area contributed by atoms with Gasteiger partial charge in [-0.1, -0.05) is 40.9 Å². The normalized spacial score (nSPS) is 16.9. The van der Waals surface area contributed by atoms with Crippen molar-refractivity contribution in [3.63, 3.8) is 0 Å². The molecule has 2 heterocycles. The first-order valence-corrected chi connectivity index (χ1v) is 9.88. The molecule has 1 atom stereocenters. The Balaban J connectivity index is 1.67. The Kier molecular flexibility index (Phi) is 6.76. The van der Waals surface area contributed by atoms with E-state index in [9.17, 15) is 18.0 Å². The number of carbonyl (C=O) groups is 1. The van der Waals surface area contributed by atoms with Crippen LogP contribution < -0.4 is 10.2 Å². The van der Waals surface area contributed by atoms with Crippen LogP contribution in [0.25, 0.3) is 0 Å². The number of amides is 1. The lowest BCUT2D eigenvalue weighted by Crippen LogP contribution is -2.44. The summed E-state index contributed by atoms with van der Waals surface area (Å²) in [7, 11) is 0. The number of hydrogen-bond acceptors (Lipinski definition) is 4. The average Bonchev–Trinajstić information content (AvgIpc) is 3.12. The maximum atomic E-state index is 13.0. The number of carbonyl (C=O) groups excluding carboxylic acids is 1. The minimum atomic E-state index is -4.73. The molecule has 0 aliphatic carbocycles. The molecule has 1 saturated heterocycles. The Morgan fingerprint density at radius 3 is 2.66 bits per heavy atom. The first-order valence-electron chi connectivity index (χ1n) is 8.75. The van der Waals surface area contributed by atoms with Crippen LogP contribution in [0.4, 0.5) is 19.0 Å². The minimum absolute atomic E-state index is 0.0179. The Morgan fingerprint density at radius 2 is 1.97 bits per heavy atom. The SMILES string of the molecule is O=C(NCCc1ccc(Cl)cc1Cl)C1CCCN1c1cc(Cl)nc(C(F)(F)F)n1. The maximum Gasteiger partial charge on any atom is 0.451 e. The molecule has 5 nitrogen and oxygen atoms in total. The first kappa shape index (κ1) is 21.9. The fourth-order valence-corrected chi connectivity index (χ4v) is 3.84. The number of anilines is 1. The van der Waals surface area contributed by atoms with Gasteiger partial charge < -0.3 is 10.2 Å². The number of alkyl halides is 3. The second kappa shape index (κ2) is 8.93. The van der Waals surface area contributed by atoms with E-state index in [0.29, 0.717) is 42.4 Å². The van der Waals surface area contributed by atoms with Crippen LogP contribution in [0.1, 0.15) is 24.2 Å². The summed E-state index contributed by atoms with van der Waals surface area (Å²) >= 11 is 17.7. The molecular weight excluding hydrogens is 452 g/mol. The van der Waals surface area contributed by atoms with Crippen LogP contribution in [0.3, 0.4) is 0 Å². The monoisotopic (exact) mass is 466 g/mol. The van der Waals surface area contributed by atoms with Gasteiger partial charge in [-0.25, -0.2) is 9.97 Å². The molecule has 1 unspecified atom stereocenters. The zero-order valence-electron chi connectivity index (χ0n) is 14.9. The van der Waals surface area contributed by atoms with Crippen molar-refractivity contribution in [3.8, 4) is 0 Å². The van der Waals surface area contributed by atoms with Gasteiger partial charge in [0.15, 0.2) is 0 Å². The van der Waals surface area contributed by atoms with Gasteiger partial charge in [0.25, 0.3) is 0 Å². The summed E-state index contributed by atoms with van der Waals surface area (Å²) in [5, 5.41) is 3.50. The second-order valence-corrected chi connectivity index (χ2v) is 7.73. The Morgan fingerprint density at radius 1 is 1.21 bits per heavy atom. The number of nitrogens with one attached hydrogen (secondary N) is 1. The topological polar surface area (TPSA) is 58.1 Å². The summed E-state index contributed by atoms with van der Waals surface area (Å²) in [6.45, 7) is 0.717. The van der Waals surface area contributed by atoms with E-state index in [4.69, 9.17) is 34.8 Å². The molecule has 0 spiro atoms. The van der Waals surface area contributed by atoms with Crippen molar-refractivity contribution in [1.29, 1.82) is 0 Å². The molecular formula is C18H16Cl3F3N4O. The van der Waals surface area contributed by atoms with Crippen LogP contribution in [0.15, 0.2) is 24.3 Å². The van der Waals surface area contributed by atoms with Gasteiger partial charge >= 0.3 is 6.18 Å². The van der Waals surface area contributed by atoms with Crippen molar-refractivity contribution < 1.29 is 18.0 Å². The maximum absolute atomic E-state index is 13.0. The van der Waals surface area contributed by atoms with Crippen LogP contribution in [-0.4, -0.2) is 35.0 Å². The summed E-state index contributed by atoms with van der Waals surface area (Å²) in [5.41, 5.74) is 0.831. The fraction of sp³-hybridized carbons (Fsp3) is 0.389. The van der Waals surface area contributed by atoms with Crippen LogP contribution in [0, 0.1) is 0 Å². The highest BCUT2D eigenvalue weighted by molar-refractivity contribution is 6.35. The third-order valence-electron chi connectivity index (χ3n) is 4.49. The minimum Gasteiger partial charge on any atom is -0.354 e. The lowest BCUT2D eigenvalue weighted by atomic mass is 10.1. The van der Waals surface area contributed by atoms with E-state index >= 15 is 0 Å². The number of benzene rings is 1. The summed E-state index contributed by atoms with van der Waals surface area (Å²) < 4.78 is 38.9. The van der Waals surface area contributed by atoms with E-state index in [1.54, 1.807) is 18.2 Å². The molecule has 29 heavy (non-hydrogen) atoms. The summed E-state index contributed by atoms with van der Waals surface area (Å²) in [5.74, 6) is -1.64. The van der Waals surface area contributed by atoms with Crippen molar-refractivity contribution in [2.24, 2.45) is 0 Å². The predicted octanol–water partition coefficient (Wildman–Crippen LogP) is 4.78. The first-order chi connectivity index (χ1) is 13.6. The molecule has 11 heteroatoms. The second-order valence-electron chi connectivity index (χ2n) is 6.50. The van der Waals surface area contributed by atoms with Crippen molar-refractivity contribution in [1.82, 2.24) is 15.3 Å². The van der Waals surface area contributed by atoms with Gasteiger partial charge in [0.1, 0.15) is 17.0 Å². The quantitative estimate of drug-likeness (QED) is 0.643. The van der Waals surface area contributed by atoms with Gasteiger partial charge in [0.2, 0.25) is 11.7 Å². The van der Waals surface area contributed by atoms with E-state index in [-0.39, 0.29) is 16.9 Å². The highest BCUT2D eigenvalue weighted by atomic mass is 35.5. The largest absolute Gasteiger partial charge is 0.451 e. The third kappa shape index (κ3) is 5.43. The highest BCUT2D eigenvalue weighted by Gasteiger charge is 2.37. The van der Waals surface area contributed by atoms with Crippen molar-refractivity contribution in [3.05, 3.63) is 50.9 Å². The molecule has 0 bridgehead atoms. The summed E-state index contributed by atoms with van der Waals surface area (Å²) in [6.07, 6.45) is -3.10. The fourth-order valence-electron chi connectivity index (χ4n) is 3.16. The van der Waals surface area contributed by atoms with Crippen molar-refractivity contribution >= 4 is 46.5 Å². The molecule has 1 fully saturated rings. The number of rotatable bonds is 5. The van der Waals surface area contributed by atoms with E-state index in [0.717, 1.165) is 5.56 Å². The van der Waals surface area contributed by atoms with Gasteiger partial charge in [-0.3, -0.25) is 4.79 Å². The summed E-state index contributed by atoms with van der Waals surface area (Å²) in [4.78, 5) is 20.9. The Hall–Kier alpha value is -1.77. The average molecular weight is 468 g/mol. The Bertz CT molecular complexity index is 910. The number of aromatic nitrogens is 2. The number of nitrogens with zero attached hydrogens (tertiary/aromatic N) is 3. The molecule has 156 valence electrons. The molecule has 1 N–H and O–H groups in total. The molecule has 1 aromatic heterocycles. The van der Waals surface area contributed by atoms with Crippen LogP contribution >= 0.6 is 34.8 Å². The number of halogens is 6. The highest BCUT2D eigenvalue weighted by Crippen LogP contribution is 2.31. The predicted molar refractivity (Wildman–Crippen MR) is 106 cm³/mol. The standard InChI is InChI=1S/C18H16Cl3F3N4O/c19-11-4-3-10(12(20)8-11)5-6-25-16(29)13-2-1-7-28(13)15-9-14(21)26-17(27-15)18(22,23)24/h3-4,8-9,13H,1-2,5-7H2,(H,25,29).